The first kappa shape index (κ1) is 24.6. The molecule has 4 rings (SSSR count). The van der Waals surface area contributed by atoms with E-state index in [1.54, 1.807) is 0 Å². The quantitative estimate of drug-likeness (QED) is 0.423. The molecule has 1 aromatic rings. The van der Waals surface area contributed by atoms with Crippen molar-refractivity contribution in [2.45, 2.75) is 109 Å². The third-order valence-electron chi connectivity index (χ3n) is 8.71. The summed E-state index contributed by atoms with van der Waals surface area (Å²) in [6.07, 6.45) is 23.1. The van der Waals surface area contributed by atoms with E-state index in [-0.39, 0.29) is 6.29 Å². The van der Waals surface area contributed by atoms with Crippen LogP contribution in [0.1, 0.15) is 102 Å². The fourth-order valence-corrected chi connectivity index (χ4v) is 6.66. The Hall–Kier alpha value is -1.50. The van der Waals surface area contributed by atoms with Gasteiger partial charge in [0, 0.05) is 6.42 Å². The van der Waals surface area contributed by atoms with E-state index < -0.39 is 5.60 Å². The molecule has 0 bridgehead atoms. The zero-order valence-electron chi connectivity index (χ0n) is 20.6. The summed E-state index contributed by atoms with van der Waals surface area (Å²) < 4.78 is 11.6. The molecular formula is C30H44O3. The molecular weight excluding hydrogens is 408 g/mol. The van der Waals surface area contributed by atoms with Crippen LogP contribution in [0.15, 0.2) is 24.3 Å². The van der Waals surface area contributed by atoms with Gasteiger partial charge in [0.2, 0.25) is 0 Å². The fraction of sp³-hybridized carbons (Fsp3) is 0.733. The molecule has 3 aliphatic rings. The van der Waals surface area contributed by atoms with E-state index in [0.717, 1.165) is 54.9 Å². The van der Waals surface area contributed by atoms with Crippen LogP contribution in [0.25, 0.3) is 0 Å². The standard InChI is InChI=1S/C30H44O3/c1-3-7-23-9-13-25(14-10-23)26-15-11-24(12-16-26)22-30(31,4-2)27-17-19-28(20-18-27)33-29-8-5-6-21-32-29/h2,17-20,23-26,29,31H,3,5-16,21-22H2,1H3. The summed E-state index contributed by atoms with van der Waals surface area (Å²) in [5, 5.41) is 11.3. The summed E-state index contributed by atoms with van der Waals surface area (Å²) in [4.78, 5) is 0. The molecule has 1 saturated heterocycles. The predicted molar refractivity (Wildman–Crippen MR) is 134 cm³/mol. The molecule has 2 saturated carbocycles. The summed E-state index contributed by atoms with van der Waals surface area (Å²) in [5.74, 6) is 6.82. The second kappa shape index (κ2) is 11.8. The van der Waals surface area contributed by atoms with E-state index in [4.69, 9.17) is 15.9 Å². The summed E-state index contributed by atoms with van der Waals surface area (Å²) in [6.45, 7) is 3.08. The second-order valence-electron chi connectivity index (χ2n) is 11.0. The molecule has 2 atom stereocenters. The van der Waals surface area contributed by atoms with Crippen molar-refractivity contribution in [3.8, 4) is 18.1 Å². The molecule has 0 amide bonds. The molecule has 2 unspecified atom stereocenters. The van der Waals surface area contributed by atoms with Gasteiger partial charge in [0.25, 0.3) is 0 Å². The van der Waals surface area contributed by atoms with Crippen molar-refractivity contribution in [3.05, 3.63) is 29.8 Å². The van der Waals surface area contributed by atoms with Gasteiger partial charge in [-0.3, -0.25) is 0 Å². The molecule has 1 N–H and O–H groups in total. The van der Waals surface area contributed by atoms with Crippen LogP contribution in [0.4, 0.5) is 0 Å². The Bertz CT molecular complexity index is 744. The highest BCUT2D eigenvalue weighted by atomic mass is 16.7. The van der Waals surface area contributed by atoms with Crippen LogP contribution >= 0.6 is 0 Å². The van der Waals surface area contributed by atoms with Gasteiger partial charge in [-0.1, -0.05) is 63.5 Å². The van der Waals surface area contributed by atoms with Crippen molar-refractivity contribution in [2.24, 2.45) is 23.7 Å². The van der Waals surface area contributed by atoms with E-state index in [9.17, 15) is 5.11 Å². The van der Waals surface area contributed by atoms with Gasteiger partial charge < -0.3 is 14.6 Å². The lowest BCUT2D eigenvalue weighted by atomic mass is 9.67. The number of hydrogen-bond donors (Lipinski definition) is 1. The largest absolute Gasteiger partial charge is 0.465 e. The van der Waals surface area contributed by atoms with Crippen molar-refractivity contribution in [1.82, 2.24) is 0 Å². The zero-order valence-corrected chi connectivity index (χ0v) is 20.6. The normalized spacial score (nSPS) is 32.5. The Balaban J connectivity index is 1.26. The van der Waals surface area contributed by atoms with E-state index in [1.807, 2.05) is 24.3 Å². The number of ether oxygens (including phenoxy) is 2. The fourth-order valence-electron chi connectivity index (χ4n) is 6.66. The maximum Gasteiger partial charge on any atom is 0.199 e. The Labute approximate surface area is 201 Å². The van der Waals surface area contributed by atoms with Gasteiger partial charge in [0.05, 0.1) is 6.61 Å². The molecule has 3 heteroatoms. The number of hydrogen-bond acceptors (Lipinski definition) is 3. The van der Waals surface area contributed by atoms with Gasteiger partial charge in [-0.25, -0.2) is 0 Å². The van der Waals surface area contributed by atoms with Crippen molar-refractivity contribution in [3.63, 3.8) is 0 Å². The topological polar surface area (TPSA) is 38.7 Å². The van der Waals surface area contributed by atoms with Crippen LogP contribution in [0.2, 0.25) is 0 Å². The molecule has 1 heterocycles. The van der Waals surface area contributed by atoms with Gasteiger partial charge in [-0.2, -0.15) is 0 Å². The summed E-state index contributed by atoms with van der Waals surface area (Å²) in [5.41, 5.74) is -0.395. The van der Waals surface area contributed by atoms with Gasteiger partial charge >= 0.3 is 0 Å². The average Bonchev–Trinajstić information content (AvgIpc) is 2.86. The minimum atomic E-state index is -1.20. The Morgan fingerprint density at radius 2 is 1.58 bits per heavy atom. The lowest BCUT2D eigenvalue weighted by molar-refractivity contribution is -0.105. The molecule has 0 spiro atoms. The first-order chi connectivity index (χ1) is 16.1. The van der Waals surface area contributed by atoms with E-state index in [0.29, 0.717) is 12.3 Å². The molecule has 3 fully saturated rings. The molecule has 2 aliphatic carbocycles. The van der Waals surface area contributed by atoms with Crippen LogP contribution in [0.3, 0.4) is 0 Å². The summed E-state index contributed by atoms with van der Waals surface area (Å²) >= 11 is 0. The average molecular weight is 453 g/mol. The van der Waals surface area contributed by atoms with Crippen LogP contribution in [-0.2, 0) is 10.3 Å². The predicted octanol–water partition coefficient (Wildman–Crippen LogP) is 7.22. The van der Waals surface area contributed by atoms with Gasteiger partial charge in [-0.15, -0.1) is 6.42 Å². The van der Waals surface area contributed by atoms with Gasteiger partial charge in [0.15, 0.2) is 11.9 Å². The summed E-state index contributed by atoms with van der Waals surface area (Å²) in [7, 11) is 0. The molecule has 1 aliphatic heterocycles. The minimum absolute atomic E-state index is 0.159. The lowest BCUT2D eigenvalue weighted by Gasteiger charge is -2.39. The zero-order chi connectivity index (χ0) is 23.1. The van der Waals surface area contributed by atoms with E-state index in [1.165, 1.54) is 64.2 Å². The van der Waals surface area contributed by atoms with Crippen molar-refractivity contribution < 1.29 is 14.6 Å². The Morgan fingerprint density at radius 3 is 2.12 bits per heavy atom. The molecule has 3 nitrogen and oxygen atoms in total. The number of aliphatic hydroxyl groups is 1. The third-order valence-corrected chi connectivity index (χ3v) is 8.71. The maximum atomic E-state index is 11.3. The van der Waals surface area contributed by atoms with Gasteiger partial charge in [0.1, 0.15) is 5.75 Å². The molecule has 33 heavy (non-hydrogen) atoms. The number of rotatable bonds is 8. The van der Waals surface area contributed by atoms with Crippen molar-refractivity contribution in [1.29, 1.82) is 0 Å². The molecule has 0 radical (unpaired) electrons. The first-order valence-corrected chi connectivity index (χ1v) is 13.7. The second-order valence-corrected chi connectivity index (χ2v) is 11.0. The highest BCUT2D eigenvalue weighted by Crippen LogP contribution is 2.44. The molecule has 1 aromatic carbocycles. The maximum absolute atomic E-state index is 11.3. The highest BCUT2D eigenvalue weighted by molar-refractivity contribution is 5.35. The third kappa shape index (κ3) is 6.55. The van der Waals surface area contributed by atoms with Crippen LogP contribution in [-0.4, -0.2) is 18.0 Å². The van der Waals surface area contributed by atoms with Gasteiger partial charge in [-0.05, 0) is 86.3 Å². The smallest absolute Gasteiger partial charge is 0.199 e. The first-order valence-electron chi connectivity index (χ1n) is 13.7. The van der Waals surface area contributed by atoms with E-state index in [2.05, 4.69) is 12.8 Å². The Kier molecular flexibility index (Phi) is 8.78. The Morgan fingerprint density at radius 1 is 0.939 bits per heavy atom. The number of terminal acetylenes is 1. The molecule has 0 aromatic heterocycles. The molecule has 182 valence electrons. The van der Waals surface area contributed by atoms with Crippen LogP contribution < -0.4 is 4.74 Å². The lowest BCUT2D eigenvalue weighted by Crippen LogP contribution is -2.31. The minimum Gasteiger partial charge on any atom is -0.465 e. The van der Waals surface area contributed by atoms with Crippen molar-refractivity contribution >= 4 is 0 Å². The monoisotopic (exact) mass is 452 g/mol. The van der Waals surface area contributed by atoms with Crippen LogP contribution in [0, 0.1) is 36.0 Å². The SMILES string of the molecule is C#CC(O)(CC1CCC(C2CCC(CCC)CC2)CC1)c1ccc(OC2CCCCO2)cc1. The summed E-state index contributed by atoms with van der Waals surface area (Å²) in [6, 6.07) is 7.69. The highest BCUT2D eigenvalue weighted by Gasteiger charge is 2.35. The van der Waals surface area contributed by atoms with E-state index >= 15 is 0 Å². The van der Waals surface area contributed by atoms with Crippen LogP contribution in [0.5, 0.6) is 5.75 Å². The van der Waals surface area contributed by atoms with Crippen molar-refractivity contribution in [2.75, 3.05) is 6.61 Å². The number of benzene rings is 1.